The zero-order chi connectivity index (χ0) is 10.8. The van der Waals surface area contributed by atoms with E-state index in [1.54, 1.807) is 0 Å². The van der Waals surface area contributed by atoms with Crippen molar-refractivity contribution >= 4 is 0 Å². The number of rotatable bonds is 4. The predicted molar refractivity (Wildman–Crippen MR) is 65.2 cm³/mol. The van der Waals surface area contributed by atoms with E-state index in [-0.39, 0.29) is 0 Å². The highest BCUT2D eigenvalue weighted by molar-refractivity contribution is 5.29. The van der Waals surface area contributed by atoms with Crippen LogP contribution in [0.1, 0.15) is 37.3 Å². The molecule has 0 aromatic heterocycles. The minimum atomic E-state index is 0.615. The monoisotopic (exact) mass is 203 g/mol. The zero-order valence-corrected chi connectivity index (χ0v) is 9.96. The Morgan fingerprint density at radius 1 is 1.27 bits per heavy atom. The van der Waals surface area contributed by atoms with E-state index in [4.69, 9.17) is 0 Å². The van der Waals surface area contributed by atoms with Gasteiger partial charge in [-0.3, -0.25) is 0 Å². The summed E-state index contributed by atoms with van der Waals surface area (Å²) in [6.45, 7) is 7.75. The Kier molecular flexibility index (Phi) is 3.11. The maximum absolute atomic E-state index is 3.52. The van der Waals surface area contributed by atoms with Crippen LogP contribution in [0.4, 0.5) is 0 Å². The first-order valence-corrected chi connectivity index (χ1v) is 5.97. The molecule has 0 bridgehead atoms. The summed E-state index contributed by atoms with van der Waals surface area (Å²) in [5, 5.41) is 3.52. The highest BCUT2D eigenvalue weighted by Gasteiger charge is 2.37. The van der Waals surface area contributed by atoms with Crippen LogP contribution in [0, 0.1) is 12.8 Å². The second kappa shape index (κ2) is 4.36. The molecule has 82 valence electrons. The van der Waals surface area contributed by atoms with Crippen molar-refractivity contribution in [3.8, 4) is 0 Å². The van der Waals surface area contributed by atoms with Gasteiger partial charge in [0.1, 0.15) is 0 Å². The van der Waals surface area contributed by atoms with E-state index >= 15 is 0 Å². The van der Waals surface area contributed by atoms with Gasteiger partial charge in [0, 0.05) is 6.04 Å². The van der Waals surface area contributed by atoms with Crippen LogP contribution in [0.15, 0.2) is 24.3 Å². The Balaban J connectivity index is 1.85. The zero-order valence-electron chi connectivity index (χ0n) is 9.96. The summed E-state index contributed by atoms with van der Waals surface area (Å²) in [5.74, 6) is 1.69. The van der Waals surface area contributed by atoms with Crippen molar-refractivity contribution in [2.75, 3.05) is 6.54 Å². The van der Waals surface area contributed by atoms with E-state index in [1.165, 1.54) is 24.1 Å². The standard InChI is InChI=1S/C14H21N/c1-10(2)15-9-13-8-14(13)12-6-4-11(3)5-7-12/h4-7,10,13-15H,8-9H2,1-3H3. The third-order valence-electron chi connectivity index (χ3n) is 3.22. The lowest BCUT2D eigenvalue weighted by Crippen LogP contribution is -2.25. The molecule has 0 spiro atoms. The molecule has 1 aromatic rings. The van der Waals surface area contributed by atoms with Crippen LogP contribution in [0.3, 0.4) is 0 Å². The Morgan fingerprint density at radius 2 is 1.93 bits per heavy atom. The molecule has 1 fully saturated rings. The number of nitrogens with one attached hydrogen (secondary N) is 1. The molecule has 0 aliphatic heterocycles. The third-order valence-corrected chi connectivity index (χ3v) is 3.22. The summed E-state index contributed by atoms with van der Waals surface area (Å²) in [7, 11) is 0. The van der Waals surface area contributed by atoms with Crippen LogP contribution in [-0.2, 0) is 0 Å². The molecule has 0 heterocycles. The van der Waals surface area contributed by atoms with Crippen LogP contribution in [0.25, 0.3) is 0 Å². The smallest absolute Gasteiger partial charge is 0.00104 e. The van der Waals surface area contributed by atoms with Crippen molar-refractivity contribution in [3.05, 3.63) is 35.4 Å². The first-order valence-electron chi connectivity index (χ1n) is 5.97. The van der Waals surface area contributed by atoms with Gasteiger partial charge in [-0.05, 0) is 37.3 Å². The van der Waals surface area contributed by atoms with Crippen molar-refractivity contribution in [3.63, 3.8) is 0 Å². The molecular weight excluding hydrogens is 182 g/mol. The summed E-state index contributed by atoms with van der Waals surface area (Å²) in [6, 6.07) is 9.63. The molecule has 1 aliphatic carbocycles. The highest BCUT2D eigenvalue weighted by atomic mass is 14.9. The van der Waals surface area contributed by atoms with E-state index in [0.717, 1.165) is 11.8 Å². The fourth-order valence-electron chi connectivity index (χ4n) is 2.08. The molecule has 15 heavy (non-hydrogen) atoms. The SMILES string of the molecule is Cc1ccc(C2CC2CNC(C)C)cc1. The fraction of sp³-hybridized carbons (Fsp3) is 0.571. The van der Waals surface area contributed by atoms with Crippen molar-refractivity contribution in [1.82, 2.24) is 5.32 Å². The first-order chi connectivity index (χ1) is 7.16. The second-order valence-electron chi connectivity index (χ2n) is 5.08. The molecule has 1 heteroatoms. The molecule has 2 atom stereocenters. The Labute approximate surface area is 92.9 Å². The topological polar surface area (TPSA) is 12.0 Å². The minimum Gasteiger partial charge on any atom is -0.314 e. The highest BCUT2D eigenvalue weighted by Crippen LogP contribution is 2.46. The van der Waals surface area contributed by atoms with E-state index in [1.807, 2.05) is 0 Å². The van der Waals surface area contributed by atoms with E-state index < -0.39 is 0 Å². The molecule has 0 amide bonds. The van der Waals surface area contributed by atoms with Crippen LogP contribution in [-0.4, -0.2) is 12.6 Å². The van der Waals surface area contributed by atoms with Gasteiger partial charge in [-0.1, -0.05) is 43.7 Å². The predicted octanol–water partition coefficient (Wildman–Crippen LogP) is 3.10. The average molecular weight is 203 g/mol. The molecule has 0 saturated heterocycles. The van der Waals surface area contributed by atoms with Gasteiger partial charge in [0.2, 0.25) is 0 Å². The molecule has 0 radical (unpaired) electrons. The Morgan fingerprint density at radius 3 is 2.53 bits per heavy atom. The molecule has 1 aliphatic rings. The van der Waals surface area contributed by atoms with Crippen LogP contribution in [0.2, 0.25) is 0 Å². The quantitative estimate of drug-likeness (QED) is 0.793. The van der Waals surface area contributed by atoms with Gasteiger partial charge < -0.3 is 5.32 Å². The lowest BCUT2D eigenvalue weighted by atomic mass is 10.1. The van der Waals surface area contributed by atoms with Gasteiger partial charge in [-0.2, -0.15) is 0 Å². The van der Waals surface area contributed by atoms with Crippen LogP contribution >= 0.6 is 0 Å². The number of benzene rings is 1. The Hall–Kier alpha value is -0.820. The van der Waals surface area contributed by atoms with Crippen LogP contribution < -0.4 is 5.32 Å². The molecule has 1 saturated carbocycles. The second-order valence-corrected chi connectivity index (χ2v) is 5.08. The van der Waals surface area contributed by atoms with Crippen molar-refractivity contribution in [2.45, 2.75) is 39.2 Å². The summed E-state index contributed by atoms with van der Waals surface area (Å²) in [5.41, 5.74) is 2.88. The molecular formula is C14H21N. The first kappa shape index (κ1) is 10.7. The number of hydrogen-bond acceptors (Lipinski definition) is 1. The van der Waals surface area contributed by atoms with Crippen molar-refractivity contribution < 1.29 is 0 Å². The molecule has 1 nitrogen and oxygen atoms in total. The largest absolute Gasteiger partial charge is 0.314 e. The van der Waals surface area contributed by atoms with Crippen molar-refractivity contribution in [2.24, 2.45) is 5.92 Å². The van der Waals surface area contributed by atoms with Gasteiger partial charge in [-0.25, -0.2) is 0 Å². The van der Waals surface area contributed by atoms with E-state index in [9.17, 15) is 0 Å². The van der Waals surface area contributed by atoms with E-state index in [0.29, 0.717) is 6.04 Å². The van der Waals surface area contributed by atoms with Gasteiger partial charge in [-0.15, -0.1) is 0 Å². The molecule has 1 N–H and O–H groups in total. The molecule has 1 aromatic carbocycles. The maximum atomic E-state index is 3.52. The summed E-state index contributed by atoms with van der Waals surface area (Å²) in [6.07, 6.45) is 1.36. The normalized spacial score (nSPS) is 24.5. The fourth-order valence-corrected chi connectivity index (χ4v) is 2.08. The van der Waals surface area contributed by atoms with Gasteiger partial charge >= 0.3 is 0 Å². The third kappa shape index (κ3) is 2.82. The van der Waals surface area contributed by atoms with Gasteiger partial charge in [0.15, 0.2) is 0 Å². The van der Waals surface area contributed by atoms with Gasteiger partial charge in [0.05, 0.1) is 0 Å². The summed E-state index contributed by atoms with van der Waals surface area (Å²) >= 11 is 0. The molecule has 2 rings (SSSR count). The number of hydrogen-bond donors (Lipinski definition) is 1. The minimum absolute atomic E-state index is 0.615. The average Bonchev–Trinajstić information content (AvgIpc) is 2.95. The summed E-state index contributed by atoms with van der Waals surface area (Å²) in [4.78, 5) is 0. The molecule has 2 unspecified atom stereocenters. The number of aryl methyl sites for hydroxylation is 1. The van der Waals surface area contributed by atoms with Gasteiger partial charge in [0.25, 0.3) is 0 Å². The van der Waals surface area contributed by atoms with E-state index in [2.05, 4.69) is 50.4 Å². The Bertz CT molecular complexity index is 313. The lowest BCUT2D eigenvalue weighted by molar-refractivity contribution is 0.554. The van der Waals surface area contributed by atoms with Crippen molar-refractivity contribution in [1.29, 1.82) is 0 Å². The lowest BCUT2D eigenvalue weighted by Gasteiger charge is -2.07. The van der Waals surface area contributed by atoms with Crippen LogP contribution in [0.5, 0.6) is 0 Å². The maximum Gasteiger partial charge on any atom is 0.00104 e. The summed E-state index contributed by atoms with van der Waals surface area (Å²) < 4.78 is 0.